The number of nitrogens with zero attached hydrogens (tertiary/aromatic N) is 3. The van der Waals surface area contributed by atoms with Crippen LogP contribution in [-0.2, 0) is 20.0 Å². The van der Waals surface area contributed by atoms with Crippen LogP contribution in [0.1, 0.15) is 17.0 Å². The Hall–Kier alpha value is -1.83. The predicted molar refractivity (Wildman–Crippen MR) is 74.8 cm³/mol. The van der Waals surface area contributed by atoms with Crippen LogP contribution < -0.4 is 5.32 Å². The van der Waals surface area contributed by atoms with Gasteiger partial charge in [-0.25, -0.2) is 4.98 Å². The Labute approximate surface area is 117 Å². The van der Waals surface area contributed by atoms with Crippen LogP contribution in [0.25, 0.3) is 0 Å². The third-order valence-electron chi connectivity index (χ3n) is 2.94. The largest absolute Gasteiger partial charge is 0.338 e. The van der Waals surface area contributed by atoms with Gasteiger partial charge in [-0.05, 0) is 17.7 Å². The minimum Gasteiger partial charge on any atom is -0.338 e. The predicted octanol–water partition coefficient (Wildman–Crippen LogP) is 2.28. The van der Waals surface area contributed by atoms with Gasteiger partial charge in [-0.1, -0.05) is 17.7 Å². The second kappa shape index (κ2) is 6.37. The highest BCUT2D eigenvalue weighted by Gasteiger charge is 2.02. The third kappa shape index (κ3) is 3.57. The van der Waals surface area contributed by atoms with Gasteiger partial charge in [0.25, 0.3) is 0 Å². The lowest BCUT2D eigenvalue weighted by Gasteiger charge is -2.07. The van der Waals surface area contributed by atoms with E-state index in [9.17, 15) is 0 Å². The molecule has 0 atom stereocenters. The summed E-state index contributed by atoms with van der Waals surface area (Å²) in [5.74, 6) is 1.05. The van der Waals surface area contributed by atoms with Gasteiger partial charge in [0.1, 0.15) is 5.82 Å². The van der Waals surface area contributed by atoms with Gasteiger partial charge < -0.3 is 9.88 Å². The van der Waals surface area contributed by atoms with Crippen molar-refractivity contribution < 1.29 is 0 Å². The van der Waals surface area contributed by atoms with E-state index < -0.39 is 0 Å². The summed E-state index contributed by atoms with van der Waals surface area (Å²) in [4.78, 5) is 4.26. The summed E-state index contributed by atoms with van der Waals surface area (Å²) in [7, 11) is 1.99. The molecule has 0 aliphatic rings. The zero-order valence-electron chi connectivity index (χ0n) is 10.7. The van der Waals surface area contributed by atoms with Gasteiger partial charge in [-0.2, -0.15) is 5.26 Å². The van der Waals surface area contributed by atoms with E-state index in [4.69, 9.17) is 16.9 Å². The number of aryl methyl sites for hydroxylation is 1. The number of hydrogen-bond acceptors (Lipinski definition) is 3. The number of aromatic nitrogens is 2. The zero-order chi connectivity index (χ0) is 13.7. The number of hydrogen-bond donors (Lipinski definition) is 1. The fourth-order valence-corrected chi connectivity index (χ4v) is 2.07. The number of imidazole rings is 1. The molecule has 0 saturated carbocycles. The van der Waals surface area contributed by atoms with E-state index in [1.165, 1.54) is 0 Å². The molecule has 0 unspecified atom stereocenters. The van der Waals surface area contributed by atoms with Gasteiger partial charge in [-0.3, -0.25) is 0 Å². The van der Waals surface area contributed by atoms with Crippen molar-refractivity contribution in [3.05, 3.63) is 52.6 Å². The van der Waals surface area contributed by atoms with Crippen LogP contribution in [-0.4, -0.2) is 16.1 Å². The van der Waals surface area contributed by atoms with E-state index in [-0.39, 0.29) is 0 Å². The smallest absolute Gasteiger partial charge is 0.109 e. The molecule has 0 bridgehead atoms. The van der Waals surface area contributed by atoms with Crippen LogP contribution in [0.5, 0.6) is 0 Å². The molecule has 0 amide bonds. The van der Waals surface area contributed by atoms with Crippen LogP contribution in [0.15, 0.2) is 30.6 Å². The number of rotatable bonds is 5. The summed E-state index contributed by atoms with van der Waals surface area (Å²) in [6, 6.07) is 7.43. The average molecular weight is 275 g/mol. The molecule has 1 heterocycles. The Balaban J connectivity index is 1.83. The second-order valence-electron chi connectivity index (χ2n) is 4.30. The second-order valence-corrected chi connectivity index (χ2v) is 4.71. The van der Waals surface area contributed by atoms with E-state index in [0.717, 1.165) is 24.4 Å². The van der Waals surface area contributed by atoms with E-state index in [1.54, 1.807) is 18.3 Å². The first-order valence-electron chi connectivity index (χ1n) is 6.06. The first-order valence-corrected chi connectivity index (χ1v) is 6.44. The Morgan fingerprint density at radius 2 is 2.32 bits per heavy atom. The van der Waals surface area contributed by atoms with Gasteiger partial charge in [0.2, 0.25) is 0 Å². The summed E-state index contributed by atoms with van der Waals surface area (Å²) in [5.41, 5.74) is 1.59. The fraction of sp³-hybridized carbons (Fsp3) is 0.286. The molecule has 1 aromatic carbocycles. The number of nitrogens with one attached hydrogen (secondary N) is 1. The van der Waals surface area contributed by atoms with Crippen LogP contribution >= 0.6 is 11.6 Å². The Morgan fingerprint density at radius 3 is 2.95 bits per heavy atom. The molecule has 0 saturated heterocycles. The van der Waals surface area contributed by atoms with E-state index in [1.807, 2.05) is 23.9 Å². The zero-order valence-corrected chi connectivity index (χ0v) is 11.5. The van der Waals surface area contributed by atoms with Crippen molar-refractivity contribution in [3.8, 4) is 6.07 Å². The van der Waals surface area contributed by atoms with Crippen LogP contribution in [0.4, 0.5) is 0 Å². The molecular weight excluding hydrogens is 260 g/mol. The highest BCUT2D eigenvalue weighted by Crippen LogP contribution is 2.17. The van der Waals surface area contributed by atoms with Crippen molar-refractivity contribution in [3.63, 3.8) is 0 Å². The van der Waals surface area contributed by atoms with Gasteiger partial charge >= 0.3 is 0 Å². The third-order valence-corrected chi connectivity index (χ3v) is 3.30. The van der Waals surface area contributed by atoms with Crippen LogP contribution in [0, 0.1) is 11.3 Å². The minimum atomic E-state index is 0.585. The SMILES string of the molecule is Cn1ccnc1CCNCc1ccc(C#N)cc1Cl. The molecule has 98 valence electrons. The number of halogens is 1. The first kappa shape index (κ1) is 13.6. The Kier molecular flexibility index (Phi) is 4.56. The Bertz CT molecular complexity index is 598. The monoisotopic (exact) mass is 274 g/mol. The van der Waals surface area contributed by atoms with Crippen molar-refractivity contribution in [2.24, 2.45) is 7.05 Å². The molecule has 1 N–H and O–H groups in total. The summed E-state index contributed by atoms with van der Waals surface area (Å²) in [6.07, 6.45) is 4.61. The van der Waals surface area contributed by atoms with Crippen molar-refractivity contribution >= 4 is 11.6 Å². The van der Waals surface area contributed by atoms with Crippen LogP contribution in [0.3, 0.4) is 0 Å². The topological polar surface area (TPSA) is 53.6 Å². The molecule has 2 rings (SSSR count). The lowest BCUT2D eigenvalue weighted by molar-refractivity contribution is 0.655. The summed E-state index contributed by atoms with van der Waals surface area (Å²) < 4.78 is 2.01. The lowest BCUT2D eigenvalue weighted by Crippen LogP contribution is -2.18. The van der Waals surface area contributed by atoms with E-state index in [2.05, 4.69) is 16.4 Å². The molecule has 0 radical (unpaired) electrons. The van der Waals surface area contributed by atoms with Crippen molar-refractivity contribution in [1.29, 1.82) is 5.26 Å². The van der Waals surface area contributed by atoms with Crippen molar-refractivity contribution in [1.82, 2.24) is 14.9 Å². The Morgan fingerprint density at radius 1 is 1.47 bits per heavy atom. The molecule has 0 fully saturated rings. The minimum absolute atomic E-state index is 0.585. The van der Waals surface area contributed by atoms with Crippen LogP contribution in [0.2, 0.25) is 5.02 Å². The summed E-state index contributed by atoms with van der Waals surface area (Å²) in [6.45, 7) is 1.52. The molecule has 0 aliphatic carbocycles. The van der Waals surface area contributed by atoms with Crippen molar-refractivity contribution in [2.45, 2.75) is 13.0 Å². The molecule has 0 spiro atoms. The quantitative estimate of drug-likeness (QED) is 0.851. The maximum Gasteiger partial charge on any atom is 0.109 e. The van der Waals surface area contributed by atoms with Crippen molar-refractivity contribution in [2.75, 3.05) is 6.54 Å². The highest BCUT2D eigenvalue weighted by atomic mass is 35.5. The molecular formula is C14H15ClN4. The normalized spacial score (nSPS) is 10.4. The molecule has 4 nitrogen and oxygen atoms in total. The first-order chi connectivity index (χ1) is 9.20. The van der Waals surface area contributed by atoms with E-state index in [0.29, 0.717) is 17.1 Å². The highest BCUT2D eigenvalue weighted by molar-refractivity contribution is 6.31. The standard InChI is InChI=1S/C14H15ClN4/c1-19-7-6-18-14(19)4-5-17-10-12-3-2-11(9-16)8-13(12)15/h2-3,6-8,17H,4-5,10H2,1H3. The maximum atomic E-state index is 8.77. The van der Waals surface area contributed by atoms with Gasteiger partial charge in [-0.15, -0.1) is 0 Å². The lowest BCUT2D eigenvalue weighted by atomic mass is 10.1. The molecule has 0 aliphatic heterocycles. The summed E-state index contributed by atoms with van der Waals surface area (Å²) in [5, 5.41) is 12.7. The average Bonchev–Trinajstić information content (AvgIpc) is 2.81. The fourth-order valence-electron chi connectivity index (χ4n) is 1.82. The molecule has 1 aromatic heterocycles. The number of nitriles is 1. The maximum absolute atomic E-state index is 8.77. The molecule has 19 heavy (non-hydrogen) atoms. The number of benzene rings is 1. The van der Waals surface area contributed by atoms with E-state index >= 15 is 0 Å². The van der Waals surface area contributed by atoms with Gasteiger partial charge in [0.05, 0.1) is 11.6 Å². The summed E-state index contributed by atoms with van der Waals surface area (Å²) >= 11 is 6.10. The molecule has 5 heteroatoms. The van der Waals surface area contributed by atoms with Gasteiger partial charge in [0.15, 0.2) is 0 Å². The van der Waals surface area contributed by atoms with Gasteiger partial charge in [0, 0.05) is 44.0 Å². The molecule has 2 aromatic rings.